The van der Waals surface area contributed by atoms with Gasteiger partial charge in [-0.25, -0.2) is 0 Å². The summed E-state index contributed by atoms with van der Waals surface area (Å²) in [4.78, 5) is 21.9. The Morgan fingerprint density at radius 3 is 2.88 bits per heavy atom. The number of nitrogens with zero attached hydrogens (tertiary/aromatic N) is 3. The van der Waals surface area contributed by atoms with E-state index in [1.165, 1.54) is 5.56 Å². The molecule has 1 aromatic rings. The molecule has 188 valence electrons. The summed E-state index contributed by atoms with van der Waals surface area (Å²) in [7, 11) is 0. The van der Waals surface area contributed by atoms with Gasteiger partial charge in [0.1, 0.15) is 0 Å². The van der Waals surface area contributed by atoms with Crippen LogP contribution in [0.3, 0.4) is 0 Å². The molecule has 0 radical (unpaired) electrons. The number of carbonyl (C=O) groups excluding carboxylic acids is 1. The monoisotopic (exact) mass is 470 g/mol. The van der Waals surface area contributed by atoms with Gasteiger partial charge in [0.2, 0.25) is 5.91 Å². The lowest BCUT2D eigenvalue weighted by Crippen LogP contribution is -2.51. The molecule has 34 heavy (non-hydrogen) atoms. The van der Waals surface area contributed by atoms with Crippen LogP contribution in [0.1, 0.15) is 57.2 Å². The van der Waals surface area contributed by atoms with Crippen molar-refractivity contribution in [2.24, 2.45) is 11.8 Å². The number of likely N-dealkylation sites (tertiary alicyclic amines) is 1. The highest BCUT2D eigenvalue weighted by atomic mass is 16.5. The molecule has 0 aromatic carbocycles. The van der Waals surface area contributed by atoms with Crippen molar-refractivity contribution >= 4 is 11.7 Å². The number of rotatable bonds is 10. The van der Waals surface area contributed by atoms with Crippen LogP contribution in [0.25, 0.3) is 0 Å². The zero-order chi connectivity index (χ0) is 23.9. The second-order valence-electron chi connectivity index (χ2n) is 10.3. The summed E-state index contributed by atoms with van der Waals surface area (Å²) in [5.74, 6) is 1.22. The Hall–Kier alpha value is -1.87. The van der Waals surface area contributed by atoms with E-state index in [0.29, 0.717) is 30.7 Å². The van der Waals surface area contributed by atoms with E-state index >= 15 is 0 Å². The fourth-order valence-electron chi connectivity index (χ4n) is 5.68. The number of amidine groups is 1. The molecule has 3 saturated heterocycles. The quantitative estimate of drug-likeness (QED) is 0.486. The molecule has 0 bridgehead atoms. The molecule has 8 heteroatoms. The number of carbonyl (C=O) groups is 1. The van der Waals surface area contributed by atoms with Crippen molar-refractivity contribution in [3.63, 3.8) is 0 Å². The maximum Gasteiger partial charge on any atom is 0.242 e. The Morgan fingerprint density at radius 2 is 2.12 bits per heavy atom. The molecule has 3 N–H and O–H groups in total. The average molecular weight is 471 g/mol. The number of hydrogen-bond donors (Lipinski definition) is 3. The molecular formula is C26H42N6O2. The number of ether oxygens (including phenoxy) is 1. The summed E-state index contributed by atoms with van der Waals surface area (Å²) < 4.78 is 6.56. The molecule has 0 spiro atoms. The van der Waals surface area contributed by atoms with Gasteiger partial charge < -0.3 is 15.4 Å². The van der Waals surface area contributed by atoms with Gasteiger partial charge in [-0.15, -0.1) is 0 Å². The molecular weight excluding hydrogens is 428 g/mol. The number of amides is 1. The highest BCUT2D eigenvalue weighted by molar-refractivity contribution is 6.01. The Labute approximate surface area is 204 Å². The van der Waals surface area contributed by atoms with Crippen LogP contribution in [0.2, 0.25) is 0 Å². The SMILES string of the molecule is CCCCC(OCc1cc(CN2CCNCC2)ccn1)[C@@H]1CN(C2CCC(=N)NC2=O)CC1C. The Kier molecular flexibility index (Phi) is 9.05. The molecule has 3 unspecified atom stereocenters. The second-order valence-corrected chi connectivity index (χ2v) is 10.3. The summed E-state index contributed by atoms with van der Waals surface area (Å²) >= 11 is 0. The van der Waals surface area contributed by atoms with Gasteiger partial charge in [0.05, 0.1) is 30.3 Å². The smallest absolute Gasteiger partial charge is 0.242 e. The van der Waals surface area contributed by atoms with Gasteiger partial charge in [-0.05, 0) is 36.5 Å². The lowest BCUT2D eigenvalue weighted by atomic mass is 9.89. The Bertz CT molecular complexity index is 827. The number of unbranched alkanes of at least 4 members (excludes halogenated alkanes) is 1. The summed E-state index contributed by atoms with van der Waals surface area (Å²) in [6.07, 6.45) is 6.81. The van der Waals surface area contributed by atoms with Crippen LogP contribution >= 0.6 is 0 Å². The third-order valence-electron chi connectivity index (χ3n) is 7.65. The number of aromatic nitrogens is 1. The van der Waals surface area contributed by atoms with Crippen LogP contribution in [0, 0.1) is 17.2 Å². The largest absolute Gasteiger partial charge is 0.372 e. The van der Waals surface area contributed by atoms with Crippen LogP contribution in [0.15, 0.2) is 18.3 Å². The number of piperidine rings is 1. The Morgan fingerprint density at radius 1 is 1.29 bits per heavy atom. The van der Waals surface area contributed by atoms with Crippen molar-refractivity contribution in [2.75, 3.05) is 39.3 Å². The molecule has 4 atom stereocenters. The molecule has 1 aromatic heterocycles. The molecule has 4 heterocycles. The second kappa shape index (κ2) is 12.2. The van der Waals surface area contributed by atoms with Crippen molar-refractivity contribution in [1.29, 1.82) is 5.41 Å². The van der Waals surface area contributed by atoms with Crippen molar-refractivity contribution in [3.8, 4) is 0 Å². The summed E-state index contributed by atoms with van der Waals surface area (Å²) in [6.45, 7) is 12.1. The predicted octanol–water partition coefficient (Wildman–Crippen LogP) is 2.39. The van der Waals surface area contributed by atoms with E-state index in [1.807, 2.05) is 6.20 Å². The van der Waals surface area contributed by atoms with Gasteiger partial charge >= 0.3 is 0 Å². The highest BCUT2D eigenvalue weighted by Crippen LogP contribution is 2.33. The normalized spacial score (nSPS) is 27.6. The van der Waals surface area contributed by atoms with E-state index in [0.717, 1.165) is 77.2 Å². The fraction of sp³-hybridized carbons (Fsp3) is 0.731. The summed E-state index contributed by atoms with van der Waals surface area (Å²) in [6, 6.07) is 4.20. The molecule has 1 amide bonds. The zero-order valence-corrected chi connectivity index (χ0v) is 20.9. The van der Waals surface area contributed by atoms with Crippen LogP contribution in [-0.2, 0) is 22.7 Å². The minimum Gasteiger partial charge on any atom is -0.372 e. The molecule has 4 rings (SSSR count). The van der Waals surface area contributed by atoms with Gasteiger partial charge in [0.15, 0.2) is 0 Å². The number of pyridine rings is 1. The number of piperazine rings is 1. The first kappa shape index (κ1) is 25.2. The van der Waals surface area contributed by atoms with E-state index in [2.05, 4.69) is 51.4 Å². The first-order valence-electron chi connectivity index (χ1n) is 13.1. The van der Waals surface area contributed by atoms with Crippen molar-refractivity contribution in [3.05, 3.63) is 29.6 Å². The molecule has 8 nitrogen and oxygen atoms in total. The van der Waals surface area contributed by atoms with Gasteiger partial charge in [0.25, 0.3) is 0 Å². The van der Waals surface area contributed by atoms with Crippen LogP contribution < -0.4 is 10.6 Å². The van der Waals surface area contributed by atoms with Gasteiger partial charge in [-0.3, -0.25) is 25.0 Å². The minimum absolute atomic E-state index is 0.0133. The van der Waals surface area contributed by atoms with Crippen molar-refractivity contribution in [1.82, 2.24) is 25.4 Å². The average Bonchev–Trinajstić information content (AvgIpc) is 3.21. The standard InChI is InChI=1S/C26H42N6O2/c1-3-4-5-24(22-17-32(15-19(22)2)23-6-7-25(27)30-26(23)33)34-18-21-14-20(8-9-29-21)16-31-12-10-28-11-13-31/h8-9,14,19,22-24,28H,3-7,10-13,15-18H2,1-2H3,(H2,27,30,33)/t19?,22-,23?,24?/m1/s1. The summed E-state index contributed by atoms with van der Waals surface area (Å²) in [5.41, 5.74) is 2.30. The van der Waals surface area contributed by atoms with Crippen molar-refractivity contribution < 1.29 is 9.53 Å². The molecule has 3 aliphatic rings. The van der Waals surface area contributed by atoms with Gasteiger partial charge in [-0.1, -0.05) is 26.7 Å². The Balaban J connectivity index is 1.36. The number of hydrogen-bond acceptors (Lipinski definition) is 7. The predicted molar refractivity (Wildman–Crippen MR) is 134 cm³/mol. The molecule has 3 aliphatic heterocycles. The molecule has 0 saturated carbocycles. The van der Waals surface area contributed by atoms with Gasteiger partial charge in [-0.2, -0.15) is 0 Å². The van der Waals surface area contributed by atoms with Crippen LogP contribution in [0.5, 0.6) is 0 Å². The lowest BCUT2D eigenvalue weighted by Gasteiger charge is -2.31. The third kappa shape index (κ3) is 6.62. The molecule has 0 aliphatic carbocycles. The maximum atomic E-state index is 12.5. The van der Waals surface area contributed by atoms with E-state index in [1.54, 1.807) is 0 Å². The summed E-state index contributed by atoms with van der Waals surface area (Å²) in [5, 5.41) is 13.9. The fourth-order valence-corrected chi connectivity index (χ4v) is 5.68. The maximum absolute atomic E-state index is 12.5. The highest BCUT2D eigenvalue weighted by Gasteiger charge is 2.41. The van der Waals surface area contributed by atoms with Crippen LogP contribution in [-0.4, -0.2) is 77.9 Å². The minimum atomic E-state index is -0.114. The van der Waals surface area contributed by atoms with E-state index in [-0.39, 0.29) is 18.1 Å². The van der Waals surface area contributed by atoms with Crippen molar-refractivity contribution in [2.45, 2.75) is 71.2 Å². The van der Waals surface area contributed by atoms with Gasteiger partial charge in [0, 0.05) is 64.3 Å². The number of nitrogens with one attached hydrogen (secondary N) is 3. The van der Waals surface area contributed by atoms with E-state index in [9.17, 15) is 4.79 Å². The topological polar surface area (TPSA) is 93.6 Å². The van der Waals surface area contributed by atoms with E-state index < -0.39 is 0 Å². The first-order valence-corrected chi connectivity index (χ1v) is 13.1. The molecule has 3 fully saturated rings. The zero-order valence-electron chi connectivity index (χ0n) is 20.9. The van der Waals surface area contributed by atoms with Crippen LogP contribution in [0.4, 0.5) is 0 Å². The van der Waals surface area contributed by atoms with E-state index in [4.69, 9.17) is 10.1 Å². The lowest BCUT2D eigenvalue weighted by molar-refractivity contribution is -0.125. The first-order chi connectivity index (χ1) is 16.5. The third-order valence-corrected chi connectivity index (χ3v) is 7.65.